The molecule has 2 aliphatic rings. The SMILES string of the molecule is CCC.COCCN1CCC2(CC1)CC(C)C2. The Hall–Kier alpha value is -0.0800. The highest BCUT2D eigenvalue weighted by molar-refractivity contribution is 4.95. The summed E-state index contributed by atoms with van der Waals surface area (Å²) in [6, 6.07) is 0. The van der Waals surface area contributed by atoms with Crippen LogP contribution in [0, 0.1) is 11.3 Å². The molecule has 0 radical (unpaired) electrons. The molecule has 1 heterocycles. The summed E-state index contributed by atoms with van der Waals surface area (Å²) in [6.07, 6.45) is 7.10. The Balaban J connectivity index is 0.000000437. The zero-order valence-electron chi connectivity index (χ0n) is 12.3. The first kappa shape index (κ1) is 15.0. The highest BCUT2D eigenvalue weighted by Gasteiger charge is 2.43. The predicted molar refractivity (Wildman–Crippen MR) is 74.3 cm³/mol. The summed E-state index contributed by atoms with van der Waals surface area (Å²) in [7, 11) is 1.79. The van der Waals surface area contributed by atoms with E-state index in [0.29, 0.717) is 0 Å². The lowest BCUT2D eigenvalue weighted by atomic mass is 9.58. The summed E-state index contributed by atoms with van der Waals surface area (Å²) >= 11 is 0. The number of rotatable bonds is 3. The van der Waals surface area contributed by atoms with Crippen LogP contribution in [0.2, 0.25) is 0 Å². The van der Waals surface area contributed by atoms with E-state index in [1.165, 1.54) is 45.2 Å². The largest absolute Gasteiger partial charge is 0.383 e. The van der Waals surface area contributed by atoms with Gasteiger partial charge in [0.25, 0.3) is 0 Å². The number of hydrogen-bond donors (Lipinski definition) is 0. The van der Waals surface area contributed by atoms with Crippen LogP contribution < -0.4 is 0 Å². The fourth-order valence-corrected chi connectivity index (χ4v) is 3.30. The van der Waals surface area contributed by atoms with Crippen LogP contribution in [0.5, 0.6) is 0 Å². The van der Waals surface area contributed by atoms with Crippen molar-refractivity contribution in [1.82, 2.24) is 4.90 Å². The summed E-state index contributed by atoms with van der Waals surface area (Å²) in [6.45, 7) is 11.3. The van der Waals surface area contributed by atoms with E-state index >= 15 is 0 Å². The van der Waals surface area contributed by atoms with Crippen molar-refractivity contribution < 1.29 is 4.74 Å². The molecular formula is C15H31NO. The molecule has 2 heteroatoms. The molecule has 2 rings (SSSR count). The van der Waals surface area contributed by atoms with Gasteiger partial charge in [-0.2, -0.15) is 0 Å². The first-order valence-electron chi connectivity index (χ1n) is 7.37. The van der Waals surface area contributed by atoms with Crippen molar-refractivity contribution in [1.29, 1.82) is 0 Å². The zero-order chi connectivity index (χ0) is 12.7. The molecule has 0 N–H and O–H groups in total. The molecule has 1 aliphatic carbocycles. The highest BCUT2D eigenvalue weighted by atomic mass is 16.5. The maximum Gasteiger partial charge on any atom is 0.0589 e. The van der Waals surface area contributed by atoms with Gasteiger partial charge in [-0.05, 0) is 50.1 Å². The fourth-order valence-electron chi connectivity index (χ4n) is 3.30. The van der Waals surface area contributed by atoms with Crippen LogP contribution in [-0.4, -0.2) is 38.3 Å². The molecule has 1 saturated heterocycles. The molecule has 2 nitrogen and oxygen atoms in total. The Morgan fingerprint density at radius 3 is 2.12 bits per heavy atom. The minimum Gasteiger partial charge on any atom is -0.383 e. The van der Waals surface area contributed by atoms with Crippen molar-refractivity contribution in [3.05, 3.63) is 0 Å². The number of hydrogen-bond acceptors (Lipinski definition) is 2. The molecule has 0 amide bonds. The van der Waals surface area contributed by atoms with E-state index in [2.05, 4.69) is 25.7 Å². The average Bonchev–Trinajstić information content (AvgIpc) is 2.28. The molecule has 0 bridgehead atoms. The van der Waals surface area contributed by atoms with Crippen molar-refractivity contribution in [2.75, 3.05) is 33.4 Å². The summed E-state index contributed by atoms with van der Waals surface area (Å²) in [5.74, 6) is 1.00. The quantitative estimate of drug-likeness (QED) is 0.749. The molecule has 0 atom stereocenters. The number of nitrogens with zero attached hydrogens (tertiary/aromatic N) is 1. The van der Waals surface area contributed by atoms with Crippen molar-refractivity contribution >= 4 is 0 Å². The van der Waals surface area contributed by atoms with Crippen LogP contribution in [0.15, 0.2) is 0 Å². The van der Waals surface area contributed by atoms with Crippen molar-refractivity contribution in [2.24, 2.45) is 11.3 Å². The van der Waals surface area contributed by atoms with Gasteiger partial charge in [-0.3, -0.25) is 0 Å². The second-order valence-electron chi connectivity index (χ2n) is 6.05. The summed E-state index contributed by atoms with van der Waals surface area (Å²) < 4.78 is 5.11. The van der Waals surface area contributed by atoms with Gasteiger partial charge in [0.05, 0.1) is 6.61 Å². The van der Waals surface area contributed by atoms with Crippen molar-refractivity contribution in [3.8, 4) is 0 Å². The van der Waals surface area contributed by atoms with Gasteiger partial charge in [-0.15, -0.1) is 0 Å². The van der Waals surface area contributed by atoms with E-state index in [0.717, 1.165) is 24.5 Å². The Morgan fingerprint density at radius 2 is 1.71 bits per heavy atom. The van der Waals surface area contributed by atoms with Crippen molar-refractivity contribution in [2.45, 2.75) is 52.9 Å². The minimum atomic E-state index is 0.767. The van der Waals surface area contributed by atoms with E-state index in [1.807, 2.05) is 0 Å². The molecule has 0 aromatic rings. The predicted octanol–water partition coefficient (Wildman–Crippen LogP) is 3.56. The number of ether oxygens (including phenoxy) is 1. The second kappa shape index (κ2) is 7.38. The van der Waals surface area contributed by atoms with Gasteiger partial charge in [0, 0.05) is 13.7 Å². The Kier molecular flexibility index (Phi) is 6.50. The molecule has 102 valence electrons. The van der Waals surface area contributed by atoms with Crippen LogP contribution in [0.4, 0.5) is 0 Å². The topological polar surface area (TPSA) is 12.5 Å². The first-order valence-corrected chi connectivity index (χ1v) is 7.37. The van der Waals surface area contributed by atoms with Crippen LogP contribution in [0.1, 0.15) is 52.9 Å². The lowest BCUT2D eigenvalue weighted by Gasteiger charge is -2.51. The van der Waals surface area contributed by atoms with E-state index < -0.39 is 0 Å². The van der Waals surface area contributed by atoms with E-state index in [4.69, 9.17) is 4.74 Å². The number of likely N-dealkylation sites (tertiary alicyclic amines) is 1. The monoisotopic (exact) mass is 241 g/mol. The van der Waals surface area contributed by atoms with Crippen LogP contribution in [-0.2, 0) is 4.74 Å². The average molecular weight is 241 g/mol. The zero-order valence-corrected chi connectivity index (χ0v) is 12.3. The molecule has 1 aliphatic heterocycles. The second-order valence-corrected chi connectivity index (χ2v) is 6.05. The fraction of sp³-hybridized carbons (Fsp3) is 1.00. The first-order chi connectivity index (χ1) is 8.15. The third-order valence-electron chi connectivity index (χ3n) is 4.09. The van der Waals surface area contributed by atoms with Gasteiger partial charge in [0.1, 0.15) is 0 Å². The third kappa shape index (κ3) is 4.59. The minimum absolute atomic E-state index is 0.767. The van der Waals surface area contributed by atoms with Gasteiger partial charge in [-0.25, -0.2) is 0 Å². The maximum atomic E-state index is 5.11. The summed E-state index contributed by atoms with van der Waals surface area (Å²) in [4.78, 5) is 2.55. The molecule has 0 aromatic carbocycles. The molecule has 1 spiro atoms. The Bertz CT molecular complexity index is 189. The number of piperidine rings is 1. The molecule has 1 saturated carbocycles. The Morgan fingerprint density at radius 1 is 1.18 bits per heavy atom. The molecule has 2 fully saturated rings. The lowest BCUT2D eigenvalue weighted by molar-refractivity contribution is -0.0109. The highest BCUT2D eigenvalue weighted by Crippen LogP contribution is 2.52. The van der Waals surface area contributed by atoms with Gasteiger partial charge < -0.3 is 9.64 Å². The third-order valence-corrected chi connectivity index (χ3v) is 4.09. The van der Waals surface area contributed by atoms with E-state index in [1.54, 1.807) is 7.11 Å². The summed E-state index contributed by atoms with van der Waals surface area (Å²) in [5.41, 5.74) is 0.767. The smallest absolute Gasteiger partial charge is 0.0589 e. The van der Waals surface area contributed by atoms with Gasteiger partial charge in [-0.1, -0.05) is 27.2 Å². The number of methoxy groups -OCH3 is 1. The van der Waals surface area contributed by atoms with Crippen LogP contribution >= 0.6 is 0 Å². The van der Waals surface area contributed by atoms with E-state index in [9.17, 15) is 0 Å². The summed E-state index contributed by atoms with van der Waals surface area (Å²) in [5, 5.41) is 0. The molecule has 0 unspecified atom stereocenters. The van der Waals surface area contributed by atoms with Crippen LogP contribution in [0.3, 0.4) is 0 Å². The molecule has 17 heavy (non-hydrogen) atoms. The molecular weight excluding hydrogens is 210 g/mol. The Labute approximate surface area is 108 Å². The van der Waals surface area contributed by atoms with E-state index in [-0.39, 0.29) is 0 Å². The van der Waals surface area contributed by atoms with Gasteiger partial charge >= 0.3 is 0 Å². The maximum absolute atomic E-state index is 5.11. The standard InChI is InChI=1S/C12H23NO.C3H8/c1-11-9-12(10-11)3-5-13(6-4-12)7-8-14-2;1-3-2/h11H,3-10H2,1-2H3;3H2,1-2H3. The lowest BCUT2D eigenvalue weighted by Crippen LogP contribution is -2.47. The normalized spacial score (nSPS) is 24.0. The van der Waals surface area contributed by atoms with Gasteiger partial charge in [0.15, 0.2) is 0 Å². The van der Waals surface area contributed by atoms with Crippen molar-refractivity contribution in [3.63, 3.8) is 0 Å². The molecule has 0 aromatic heterocycles. The van der Waals surface area contributed by atoms with Crippen LogP contribution in [0.25, 0.3) is 0 Å². The van der Waals surface area contributed by atoms with Gasteiger partial charge in [0.2, 0.25) is 0 Å².